The smallest absolute Gasteiger partial charge is 0.262 e. The van der Waals surface area contributed by atoms with Crippen molar-refractivity contribution in [3.05, 3.63) is 65.5 Å². The van der Waals surface area contributed by atoms with Crippen molar-refractivity contribution in [2.45, 2.75) is 18.7 Å². The minimum atomic E-state index is -3.81. The van der Waals surface area contributed by atoms with E-state index in [0.29, 0.717) is 16.9 Å². The predicted molar refractivity (Wildman–Crippen MR) is 106 cm³/mol. The number of hydrogen-bond acceptors (Lipinski definition) is 4. The van der Waals surface area contributed by atoms with Gasteiger partial charge >= 0.3 is 0 Å². The van der Waals surface area contributed by atoms with Crippen molar-refractivity contribution in [1.82, 2.24) is 0 Å². The molecule has 0 saturated heterocycles. The van der Waals surface area contributed by atoms with Gasteiger partial charge in [0.2, 0.25) is 5.91 Å². The van der Waals surface area contributed by atoms with Gasteiger partial charge in [-0.15, -0.1) is 11.3 Å². The highest BCUT2D eigenvalue weighted by molar-refractivity contribution is 7.92. The van der Waals surface area contributed by atoms with E-state index in [1.54, 1.807) is 42.5 Å². The topological polar surface area (TPSA) is 75.3 Å². The number of aryl methyl sites for hydroxylation is 1. The quantitative estimate of drug-likeness (QED) is 0.679. The maximum absolute atomic E-state index is 13.0. The molecular weight excluding hydrogens is 368 g/mol. The molecule has 1 heterocycles. The second-order valence-corrected chi connectivity index (χ2v) is 8.39. The molecule has 0 fully saturated rings. The van der Waals surface area contributed by atoms with Gasteiger partial charge in [-0.2, -0.15) is 0 Å². The normalized spacial score (nSPS) is 11.2. The van der Waals surface area contributed by atoms with Gasteiger partial charge < -0.3 is 5.32 Å². The van der Waals surface area contributed by atoms with Gasteiger partial charge in [-0.25, -0.2) is 8.42 Å². The van der Waals surface area contributed by atoms with Crippen LogP contribution in [0.15, 0.2) is 64.9 Å². The molecule has 3 aromatic rings. The number of carbonyl (C=O) groups excluding carboxylic acids is 1. The van der Waals surface area contributed by atoms with Crippen molar-refractivity contribution in [2.24, 2.45) is 0 Å². The Kier molecular flexibility index (Phi) is 5.11. The number of hydrogen-bond donors (Lipinski definition) is 2. The number of rotatable bonds is 5. The third kappa shape index (κ3) is 3.95. The summed E-state index contributed by atoms with van der Waals surface area (Å²) in [7, 11) is -3.81. The van der Waals surface area contributed by atoms with Crippen LogP contribution in [0.3, 0.4) is 0 Å². The van der Waals surface area contributed by atoms with Crippen LogP contribution in [-0.2, 0) is 14.8 Å². The molecule has 0 saturated carbocycles. The van der Waals surface area contributed by atoms with Gasteiger partial charge in [0.15, 0.2) is 0 Å². The van der Waals surface area contributed by atoms with Crippen molar-refractivity contribution < 1.29 is 13.2 Å². The summed E-state index contributed by atoms with van der Waals surface area (Å²) in [6.07, 6.45) is 0. The molecule has 3 rings (SSSR count). The number of nitrogens with one attached hydrogen (secondary N) is 2. The SMILES string of the molecule is CC(=O)Nc1ccc(C)c(S(=O)(=O)Nc2ccccc2-c2cccs2)c1. The Morgan fingerprint density at radius 3 is 2.50 bits per heavy atom. The summed E-state index contributed by atoms with van der Waals surface area (Å²) < 4.78 is 28.6. The summed E-state index contributed by atoms with van der Waals surface area (Å²) in [6, 6.07) is 16.0. The van der Waals surface area contributed by atoms with Crippen molar-refractivity contribution in [1.29, 1.82) is 0 Å². The van der Waals surface area contributed by atoms with E-state index >= 15 is 0 Å². The monoisotopic (exact) mass is 386 g/mol. The number of carbonyl (C=O) groups is 1. The Hall–Kier alpha value is -2.64. The van der Waals surface area contributed by atoms with Gasteiger partial charge in [-0.05, 0) is 42.1 Å². The van der Waals surface area contributed by atoms with Gasteiger partial charge in [0, 0.05) is 23.1 Å². The van der Waals surface area contributed by atoms with Crippen LogP contribution in [0.5, 0.6) is 0 Å². The maximum Gasteiger partial charge on any atom is 0.262 e. The standard InChI is InChI=1S/C19H18N2O3S2/c1-13-9-10-15(20-14(2)22)12-19(13)26(23,24)21-17-7-4-3-6-16(17)18-8-5-11-25-18/h3-12,21H,1-2H3,(H,20,22). The lowest BCUT2D eigenvalue weighted by molar-refractivity contribution is -0.114. The number of sulfonamides is 1. The second-order valence-electron chi connectivity index (χ2n) is 5.79. The van der Waals surface area contributed by atoms with E-state index in [1.807, 2.05) is 29.6 Å². The molecule has 0 radical (unpaired) electrons. The van der Waals surface area contributed by atoms with Crippen molar-refractivity contribution in [2.75, 3.05) is 10.0 Å². The Morgan fingerprint density at radius 2 is 1.81 bits per heavy atom. The van der Waals surface area contributed by atoms with Gasteiger partial charge in [0.1, 0.15) is 0 Å². The molecule has 1 amide bonds. The first-order chi connectivity index (χ1) is 12.4. The summed E-state index contributed by atoms with van der Waals surface area (Å²) in [5, 5.41) is 4.56. The zero-order valence-corrected chi connectivity index (χ0v) is 15.9. The fourth-order valence-corrected chi connectivity index (χ4v) is 4.71. The van der Waals surface area contributed by atoms with Crippen molar-refractivity contribution >= 4 is 38.6 Å². The van der Waals surface area contributed by atoms with E-state index in [1.165, 1.54) is 13.0 Å². The lowest BCUT2D eigenvalue weighted by Gasteiger charge is -2.14. The minimum absolute atomic E-state index is 0.129. The van der Waals surface area contributed by atoms with Gasteiger partial charge in [0.05, 0.1) is 10.6 Å². The third-order valence-electron chi connectivity index (χ3n) is 3.76. The first-order valence-corrected chi connectivity index (χ1v) is 10.3. The largest absolute Gasteiger partial charge is 0.326 e. The summed E-state index contributed by atoms with van der Waals surface area (Å²) in [6.45, 7) is 3.10. The molecule has 1 aromatic heterocycles. The highest BCUT2D eigenvalue weighted by Gasteiger charge is 2.19. The maximum atomic E-state index is 13.0. The molecule has 0 unspecified atom stereocenters. The van der Waals surface area contributed by atoms with E-state index in [0.717, 1.165) is 10.4 Å². The van der Waals surface area contributed by atoms with E-state index < -0.39 is 10.0 Å². The summed E-state index contributed by atoms with van der Waals surface area (Å²) >= 11 is 1.54. The Bertz CT molecular complexity index is 1040. The second kappa shape index (κ2) is 7.31. The van der Waals surface area contributed by atoms with Crippen molar-refractivity contribution in [3.8, 4) is 10.4 Å². The molecule has 0 aliphatic carbocycles. The predicted octanol–water partition coefficient (Wildman–Crippen LogP) is 4.48. The van der Waals surface area contributed by atoms with E-state index in [-0.39, 0.29) is 10.8 Å². The molecule has 134 valence electrons. The first kappa shape index (κ1) is 18.2. The lowest BCUT2D eigenvalue weighted by Crippen LogP contribution is -2.15. The zero-order chi connectivity index (χ0) is 18.7. The van der Waals surface area contributed by atoms with Crippen LogP contribution in [0.1, 0.15) is 12.5 Å². The number of anilines is 2. The zero-order valence-electron chi connectivity index (χ0n) is 14.3. The molecule has 7 heteroatoms. The number of amides is 1. The highest BCUT2D eigenvalue weighted by atomic mass is 32.2. The van der Waals surface area contributed by atoms with Crippen LogP contribution in [0, 0.1) is 6.92 Å². The molecule has 0 aliphatic heterocycles. The van der Waals surface area contributed by atoms with Crippen molar-refractivity contribution in [3.63, 3.8) is 0 Å². The number of benzene rings is 2. The van der Waals surface area contributed by atoms with Crippen LogP contribution in [0.4, 0.5) is 11.4 Å². The Morgan fingerprint density at radius 1 is 1.04 bits per heavy atom. The average molecular weight is 386 g/mol. The summed E-state index contributed by atoms with van der Waals surface area (Å²) in [5.74, 6) is -0.256. The molecule has 2 aromatic carbocycles. The number of para-hydroxylation sites is 1. The van der Waals surface area contributed by atoms with Crippen LogP contribution >= 0.6 is 11.3 Å². The lowest BCUT2D eigenvalue weighted by atomic mass is 10.1. The molecule has 2 N–H and O–H groups in total. The Labute approximate surface area is 156 Å². The molecular formula is C19H18N2O3S2. The minimum Gasteiger partial charge on any atom is -0.326 e. The average Bonchev–Trinajstić information content (AvgIpc) is 3.10. The summed E-state index contributed by atoms with van der Waals surface area (Å²) in [4.78, 5) is 12.4. The molecule has 0 bridgehead atoms. The summed E-state index contributed by atoms with van der Waals surface area (Å²) in [5.41, 5.74) is 2.37. The third-order valence-corrected chi connectivity index (χ3v) is 6.17. The fraction of sp³-hybridized carbons (Fsp3) is 0.105. The van der Waals surface area contributed by atoms with E-state index in [4.69, 9.17) is 0 Å². The molecule has 0 spiro atoms. The molecule has 0 atom stereocenters. The van der Waals surface area contributed by atoms with Crippen LogP contribution in [0.25, 0.3) is 10.4 Å². The Balaban J connectivity index is 2.00. The van der Waals surface area contributed by atoms with Crippen LogP contribution in [0.2, 0.25) is 0 Å². The first-order valence-electron chi connectivity index (χ1n) is 7.91. The fourth-order valence-electron chi connectivity index (χ4n) is 2.59. The molecule has 26 heavy (non-hydrogen) atoms. The van der Waals surface area contributed by atoms with Gasteiger partial charge in [0.25, 0.3) is 10.0 Å². The van der Waals surface area contributed by atoms with Crippen LogP contribution in [-0.4, -0.2) is 14.3 Å². The van der Waals surface area contributed by atoms with Gasteiger partial charge in [-0.3, -0.25) is 9.52 Å². The molecule has 0 aliphatic rings. The van der Waals surface area contributed by atoms with E-state index in [9.17, 15) is 13.2 Å². The van der Waals surface area contributed by atoms with Gasteiger partial charge in [-0.1, -0.05) is 30.3 Å². The van der Waals surface area contributed by atoms with Crippen LogP contribution < -0.4 is 10.0 Å². The highest BCUT2D eigenvalue weighted by Crippen LogP contribution is 2.33. The molecule has 5 nitrogen and oxygen atoms in total. The number of thiophene rings is 1. The van der Waals surface area contributed by atoms with E-state index in [2.05, 4.69) is 10.0 Å².